The van der Waals surface area contributed by atoms with Crippen LogP contribution in [0.25, 0.3) is 0 Å². The number of rotatable bonds is 2. The summed E-state index contributed by atoms with van der Waals surface area (Å²) in [6.07, 6.45) is 3.94. The number of aldehydes is 1. The molecule has 4 nitrogen and oxygen atoms in total. The van der Waals surface area contributed by atoms with Crippen LogP contribution in [0.5, 0.6) is 0 Å². The van der Waals surface area contributed by atoms with Crippen molar-refractivity contribution >= 4 is 22.8 Å². The first kappa shape index (κ1) is 13.1. The molecular weight excluding hydrogens is 260 g/mol. The highest BCUT2D eigenvalue weighted by atomic mass is 32.1. The van der Waals surface area contributed by atoms with E-state index in [-0.39, 0.29) is 5.41 Å². The van der Waals surface area contributed by atoms with Gasteiger partial charge in [0.15, 0.2) is 11.4 Å². The van der Waals surface area contributed by atoms with E-state index in [0.717, 1.165) is 47.9 Å². The molecule has 0 radical (unpaired) electrons. The topological polar surface area (TPSA) is 42.4 Å². The summed E-state index contributed by atoms with van der Waals surface area (Å²) in [4.78, 5) is 19.0. The van der Waals surface area contributed by atoms with Crippen LogP contribution in [0.15, 0.2) is 0 Å². The van der Waals surface area contributed by atoms with Crippen LogP contribution in [-0.4, -0.2) is 36.6 Å². The molecule has 3 rings (SSSR count). The van der Waals surface area contributed by atoms with Crippen molar-refractivity contribution in [1.29, 1.82) is 0 Å². The minimum atomic E-state index is -0.0870. The van der Waals surface area contributed by atoms with Crippen LogP contribution in [0.1, 0.15) is 49.0 Å². The molecule has 104 valence electrons. The fraction of sp³-hybridized carbons (Fsp3) is 0.714. The molecule has 1 aromatic heterocycles. The van der Waals surface area contributed by atoms with Crippen molar-refractivity contribution in [3.05, 3.63) is 10.6 Å². The number of carbonyl (C=O) groups excluding carboxylic acids is 1. The molecule has 2 unspecified atom stereocenters. The Bertz CT molecular complexity index is 480. The summed E-state index contributed by atoms with van der Waals surface area (Å²) >= 11 is 1.52. The van der Waals surface area contributed by atoms with Crippen molar-refractivity contribution in [2.45, 2.75) is 51.2 Å². The highest BCUT2D eigenvalue weighted by Crippen LogP contribution is 2.36. The molecule has 5 heteroatoms. The highest BCUT2D eigenvalue weighted by Gasteiger charge is 2.35. The van der Waals surface area contributed by atoms with Gasteiger partial charge in [-0.05, 0) is 12.8 Å². The van der Waals surface area contributed by atoms with E-state index in [4.69, 9.17) is 9.72 Å². The maximum atomic E-state index is 11.2. The third-order valence-electron chi connectivity index (χ3n) is 3.77. The van der Waals surface area contributed by atoms with Gasteiger partial charge in [-0.3, -0.25) is 4.79 Å². The summed E-state index contributed by atoms with van der Waals surface area (Å²) in [5.74, 6) is 0. The van der Waals surface area contributed by atoms with E-state index in [2.05, 4.69) is 25.7 Å². The number of anilines is 1. The normalized spacial score (nSPS) is 26.8. The van der Waals surface area contributed by atoms with Crippen LogP contribution < -0.4 is 4.90 Å². The number of ether oxygens (including phenoxy) is 1. The number of aromatic nitrogens is 1. The van der Waals surface area contributed by atoms with Crippen LogP contribution in [-0.2, 0) is 10.2 Å². The van der Waals surface area contributed by atoms with Crippen LogP contribution in [0.4, 0.5) is 5.13 Å². The monoisotopic (exact) mass is 280 g/mol. The molecule has 2 aliphatic heterocycles. The lowest BCUT2D eigenvalue weighted by molar-refractivity contribution is 0.0304. The third-order valence-corrected chi connectivity index (χ3v) is 4.82. The molecule has 0 N–H and O–H groups in total. The molecule has 0 aromatic carbocycles. The maximum Gasteiger partial charge on any atom is 0.186 e. The number of hydrogen-bond donors (Lipinski definition) is 0. The van der Waals surface area contributed by atoms with Gasteiger partial charge in [0.1, 0.15) is 0 Å². The van der Waals surface area contributed by atoms with E-state index in [1.165, 1.54) is 11.3 Å². The van der Waals surface area contributed by atoms with Crippen molar-refractivity contribution < 1.29 is 9.53 Å². The lowest BCUT2D eigenvalue weighted by atomic mass is 9.91. The number of nitrogens with zero attached hydrogens (tertiary/aromatic N) is 2. The minimum Gasteiger partial charge on any atom is -0.371 e. The standard InChI is InChI=1S/C14H20N2O2S/c1-14(2,3)12-11(8-17)19-13(15-12)16-6-9-4-5-10(7-16)18-9/h8-10H,4-7H2,1-3H3. The van der Waals surface area contributed by atoms with Crippen molar-refractivity contribution in [1.82, 2.24) is 4.98 Å². The SMILES string of the molecule is CC(C)(C)c1nc(N2CC3CCC(C2)O3)sc1C=O. The smallest absolute Gasteiger partial charge is 0.186 e. The zero-order chi connectivity index (χ0) is 13.6. The Balaban J connectivity index is 1.89. The summed E-state index contributed by atoms with van der Waals surface area (Å²) in [6.45, 7) is 8.11. The molecular formula is C14H20N2O2S. The van der Waals surface area contributed by atoms with Crippen molar-refractivity contribution in [2.24, 2.45) is 0 Å². The fourth-order valence-corrected chi connectivity index (χ4v) is 3.95. The minimum absolute atomic E-state index is 0.0870. The van der Waals surface area contributed by atoms with E-state index in [1.807, 2.05) is 0 Å². The summed E-state index contributed by atoms with van der Waals surface area (Å²) < 4.78 is 5.85. The van der Waals surface area contributed by atoms with Gasteiger partial charge in [-0.2, -0.15) is 0 Å². The maximum absolute atomic E-state index is 11.2. The average molecular weight is 280 g/mol. The third kappa shape index (κ3) is 2.41. The molecule has 2 saturated heterocycles. The molecule has 3 heterocycles. The van der Waals surface area contributed by atoms with Crippen molar-refractivity contribution in [3.8, 4) is 0 Å². The number of carbonyl (C=O) groups is 1. The van der Waals surface area contributed by atoms with Crippen LogP contribution >= 0.6 is 11.3 Å². The molecule has 0 saturated carbocycles. The lowest BCUT2D eigenvalue weighted by Gasteiger charge is -2.31. The van der Waals surface area contributed by atoms with Crippen LogP contribution in [0.3, 0.4) is 0 Å². The fourth-order valence-electron chi connectivity index (χ4n) is 2.84. The quantitative estimate of drug-likeness (QED) is 0.781. The first-order valence-corrected chi connectivity index (χ1v) is 7.66. The van der Waals surface area contributed by atoms with Crippen molar-refractivity contribution in [2.75, 3.05) is 18.0 Å². The predicted octanol–water partition coefficient (Wildman–Crippen LogP) is 2.62. The Morgan fingerprint density at radius 2 is 1.95 bits per heavy atom. The summed E-state index contributed by atoms with van der Waals surface area (Å²) in [5.41, 5.74) is 0.831. The molecule has 2 aliphatic rings. The molecule has 0 spiro atoms. The van der Waals surface area contributed by atoms with E-state index < -0.39 is 0 Å². The van der Waals surface area contributed by atoms with Gasteiger partial charge < -0.3 is 9.64 Å². The van der Waals surface area contributed by atoms with Crippen LogP contribution in [0.2, 0.25) is 0 Å². The molecule has 2 bridgehead atoms. The molecule has 2 fully saturated rings. The Hall–Kier alpha value is -0.940. The number of morpholine rings is 1. The first-order chi connectivity index (χ1) is 8.97. The second-order valence-corrected chi connectivity index (χ2v) is 7.45. The summed E-state index contributed by atoms with van der Waals surface area (Å²) in [6, 6.07) is 0. The van der Waals surface area contributed by atoms with Crippen molar-refractivity contribution in [3.63, 3.8) is 0 Å². The Morgan fingerprint density at radius 1 is 1.32 bits per heavy atom. The predicted molar refractivity (Wildman–Crippen MR) is 76.3 cm³/mol. The van der Waals surface area contributed by atoms with Gasteiger partial charge in [-0.25, -0.2) is 4.98 Å². The van der Waals surface area contributed by atoms with E-state index in [0.29, 0.717) is 12.2 Å². The van der Waals surface area contributed by atoms with E-state index >= 15 is 0 Å². The molecule has 2 atom stereocenters. The summed E-state index contributed by atoms with van der Waals surface area (Å²) in [7, 11) is 0. The molecule has 1 aromatic rings. The molecule has 0 aliphatic carbocycles. The lowest BCUT2D eigenvalue weighted by Crippen LogP contribution is -2.42. The summed E-state index contributed by atoms with van der Waals surface area (Å²) in [5, 5.41) is 0.979. The second kappa shape index (κ2) is 4.56. The number of fused-ring (bicyclic) bond motifs is 2. The first-order valence-electron chi connectivity index (χ1n) is 6.84. The van der Waals surface area contributed by atoms with Gasteiger partial charge in [0.25, 0.3) is 0 Å². The molecule has 19 heavy (non-hydrogen) atoms. The van der Waals surface area contributed by atoms with Gasteiger partial charge in [-0.1, -0.05) is 32.1 Å². The number of thiazole rings is 1. The zero-order valence-electron chi connectivity index (χ0n) is 11.7. The Morgan fingerprint density at radius 3 is 2.42 bits per heavy atom. The van der Waals surface area contributed by atoms with E-state index in [1.54, 1.807) is 0 Å². The van der Waals surface area contributed by atoms with Gasteiger partial charge in [0.2, 0.25) is 0 Å². The van der Waals surface area contributed by atoms with E-state index in [9.17, 15) is 4.79 Å². The largest absolute Gasteiger partial charge is 0.371 e. The average Bonchev–Trinajstić information content (AvgIpc) is 2.92. The molecule has 0 amide bonds. The highest BCUT2D eigenvalue weighted by molar-refractivity contribution is 7.17. The Kier molecular flexibility index (Phi) is 3.14. The van der Waals surface area contributed by atoms with Crippen LogP contribution in [0, 0.1) is 0 Å². The second-order valence-electron chi connectivity index (χ2n) is 6.44. The van der Waals surface area contributed by atoms with Gasteiger partial charge in [0, 0.05) is 18.5 Å². The zero-order valence-corrected chi connectivity index (χ0v) is 12.5. The Labute approximate surface area is 117 Å². The van der Waals surface area contributed by atoms with Gasteiger partial charge >= 0.3 is 0 Å². The van der Waals surface area contributed by atoms with Gasteiger partial charge in [0.05, 0.1) is 22.8 Å². The van der Waals surface area contributed by atoms with Gasteiger partial charge in [-0.15, -0.1) is 0 Å². The number of hydrogen-bond acceptors (Lipinski definition) is 5.